The van der Waals surface area contributed by atoms with E-state index < -0.39 is 0 Å². The monoisotopic (exact) mass is 269 g/mol. The van der Waals surface area contributed by atoms with Crippen molar-refractivity contribution in [3.63, 3.8) is 0 Å². The van der Waals surface area contributed by atoms with Gasteiger partial charge in [-0.1, -0.05) is 12.1 Å². The number of benzene rings is 2. The first-order chi connectivity index (χ1) is 9.69. The Morgan fingerprint density at radius 3 is 2.80 bits per heavy atom. The van der Waals surface area contributed by atoms with Gasteiger partial charge in [-0.25, -0.2) is 0 Å². The zero-order valence-corrected chi connectivity index (χ0v) is 11.3. The summed E-state index contributed by atoms with van der Waals surface area (Å²) in [6, 6.07) is 13.6. The van der Waals surface area contributed by atoms with Crippen molar-refractivity contribution in [2.75, 3.05) is 24.8 Å². The maximum absolute atomic E-state index is 5.74. The third-order valence-corrected chi connectivity index (χ3v) is 3.13. The number of hydrogen-bond donors (Lipinski definition) is 1. The quantitative estimate of drug-likeness (QED) is 0.740. The average molecular weight is 269 g/mol. The number of oxazole rings is 1. The molecule has 1 heterocycles. The highest BCUT2D eigenvalue weighted by molar-refractivity contribution is 5.79. The van der Waals surface area contributed by atoms with Crippen molar-refractivity contribution in [2.45, 2.75) is 0 Å². The molecule has 102 valence electrons. The van der Waals surface area contributed by atoms with Crippen molar-refractivity contribution in [3.05, 3.63) is 42.5 Å². The fraction of sp³-hybridized carbons (Fsp3) is 0.133. The summed E-state index contributed by atoms with van der Waals surface area (Å²) in [4.78, 5) is 6.30. The molecule has 1 aromatic heterocycles. The second kappa shape index (κ2) is 4.77. The fourth-order valence-corrected chi connectivity index (χ4v) is 2.08. The zero-order chi connectivity index (χ0) is 14.1. The molecule has 0 saturated carbocycles. The highest BCUT2D eigenvalue weighted by Crippen LogP contribution is 2.33. The van der Waals surface area contributed by atoms with Crippen molar-refractivity contribution in [1.29, 1.82) is 0 Å². The van der Waals surface area contributed by atoms with Crippen molar-refractivity contribution in [1.82, 2.24) is 4.98 Å². The predicted molar refractivity (Wildman–Crippen MR) is 79.5 cm³/mol. The van der Waals surface area contributed by atoms with Gasteiger partial charge in [-0.2, -0.15) is 4.98 Å². The van der Waals surface area contributed by atoms with Crippen LogP contribution in [0.5, 0.6) is 5.75 Å². The minimum absolute atomic E-state index is 0.495. The number of rotatable bonds is 3. The van der Waals surface area contributed by atoms with Crippen LogP contribution in [0.25, 0.3) is 11.1 Å². The molecule has 0 unspecified atom stereocenters. The van der Waals surface area contributed by atoms with Crippen LogP contribution in [-0.2, 0) is 0 Å². The Bertz CT molecular complexity index is 752. The number of ether oxygens (including phenoxy) is 1. The standard InChI is InChI=1S/C15H15N3O2/c1-18(12-5-3-4-6-13(12)19-2)15-17-11-8-7-10(16)9-14(11)20-15/h3-9H,16H2,1-2H3. The van der Waals surface area contributed by atoms with Crippen LogP contribution in [0.15, 0.2) is 46.9 Å². The summed E-state index contributed by atoms with van der Waals surface area (Å²) in [5.41, 5.74) is 8.72. The Balaban J connectivity index is 2.05. The Kier molecular flexibility index (Phi) is 2.95. The zero-order valence-electron chi connectivity index (χ0n) is 11.3. The van der Waals surface area contributed by atoms with Gasteiger partial charge in [0.1, 0.15) is 11.3 Å². The van der Waals surface area contributed by atoms with Crippen LogP contribution in [0.2, 0.25) is 0 Å². The van der Waals surface area contributed by atoms with Gasteiger partial charge in [-0.15, -0.1) is 0 Å². The first-order valence-electron chi connectivity index (χ1n) is 6.22. The van der Waals surface area contributed by atoms with Gasteiger partial charge in [-0.3, -0.25) is 4.90 Å². The van der Waals surface area contributed by atoms with Crippen LogP contribution < -0.4 is 15.4 Å². The van der Waals surface area contributed by atoms with E-state index in [1.165, 1.54) is 0 Å². The average Bonchev–Trinajstić information content (AvgIpc) is 2.89. The molecule has 3 aromatic rings. The summed E-state index contributed by atoms with van der Waals surface area (Å²) >= 11 is 0. The first kappa shape index (κ1) is 12.3. The number of anilines is 3. The molecule has 3 rings (SSSR count). The van der Waals surface area contributed by atoms with Gasteiger partial charge in [0.15, 0.2) is 5.58 Å². The predicted octanol–water partition coefficient (Wildman–Crippen LogP) is 3.19. The molecule has 0 fully saturated rings. The van der Waals surface area contributed by atoms with Gasteiger partial charge in [0.05, 0.1) is 12.8 Å². The number of nitrogen functional groups attached to an aromatic ring is 1. The lowest BCUT2D eigenvalue weighted by atomic mass is 10.3. The van der Waals surface area contributed by atoms with E-state index in [-0.39, 0.29) is 0 Å². The summed E-state index contributed by atoms with van der Waals surface area (Å²) in [6.07, 6.45) is 0. The van der Waals surface area contributed by atoms with Crippen LogP contribution in [0.3, 0.4) is 0 Å². The van der Waals surface area contributed by atoms with Crippen LogP contribution in [-0.4, -0.2) is 19.1 Å². The number of nitrogens with zero attached hydrogens (tertiary/aromatic N) is 2. The summed E-state index contributed by atoms with van der Waals surface area (Å²) in [5, 5.41) is 0. The number of fused-ring (bicyclic) bond motifs is 1. The lowest BCUT2D eigenvalue weighted by Crippen LogP contribution is -2.10. The summed E-state index contributed by atoms with van der Waals surface area (Å²) < 4.78 is 11.1. The van der Waals surface area contributed by atoms with Gasteiger partial charge in [0.2, 0.25) is 0 Å². The largest absolute Gasteiger partial charge is 0.495 e. The molecule has 0 aliphatic rings. The lowest BCUT2D eigenvalue weighted by Gasteiger charge is -2.17. The Labute approximate surface area is 116 Å². The van der Waals surface area contributed by atoms with E-state index in [0.29, 0.717) is 17.3 Å². The maximum Gasteiger partial charge on any atom is 0.302 e. The molecule has 0 atom stereocenters. The van der Waals surface area contributed by atoms with E-state index in [0.717, 1.165) is 17.0 Å². The second-order valence-corrected chi connectivity index (χ2v) is 4.45. The normalized spacial score (nSPS) is 10.7. The van der Waals surface area contributed by atoms with Crippen molar-refractivity contribution < 1.29 is 9.15 Å². The molecule has 2 aromatic carbocycles. The van der Waals surface area contributed by atoms with Gasteiger partial charge in [0.25, 0.3) is 0 Å². The molecule has 0 bridgehead atoms. The molecule has 0 aliphatic heterocycles. The van der Waals surface area contributed by atoms with Gasteiger partial charge >= 0.3 is 6.01 Å². The molecule has 0 saturated heterocycles. The SMILES string of the molecule is COc1ccccc1N(C)c1nc2ccc(N)cc2o1. The minimum Gasteiger partial charge on any atom is -0.495 e. The van der Waals surface area contributed by atoms with E-state index in [2.05, 4.69) is 4.98 Å². The molecule has 5 nitrogen and oxygen atoms in total. The topological polar surface area (TPSA) is 64.5 Å². The number of para-hydroxylation sites is 2. The molecule has 20 heavy (non-hydrogen) atoms. The molecular formula is C15H15N3O2. The Hall–Kier alpha value is -2.69. The van der Waals surface area contributed by atoms with E-state index in [4.69, 9.17) is 14.9 Å². The summed E-state index contributed by atoms with van der Waals surface area (Å²) in [7, 11) is 3.52. The third-order valence-electron chi connectivity index (χ3n) is 3.13. The number of hydrogen-bond acceptors (Lipinski definition) is 5. The molecule has 0 amide bonds. The lowest BCUT2D eigenvalue weighted by molar-refractivity contribution is 0.415. The molecule has 0 radical (unpaired) electrons. The third kappa shape index (κ3) is 2.03. The van der Waals surface area contributed by atoms with Crippen LogP contribution in [0.1, 0.15) is 0 Å². The highest BCUT2D eigenvalue weighted by atomic mass is 16.5. The van der Waals surface area contributed by atoms with Gasteiger partial charge < -0.3 is 14.9 Å². The minimum atomic E-state index is 0.495. The van der Waals surface area contributed by atoms with E-state index >= 15 is 0 Å². The Morgan fingerprint density at radius 1 is 1.20 bits per heavy atom. The molecule has 0 aliphatic carbocycles. The number of methoxy groups -OCH3 is 1. The second-order valence-electron chi connectivity index (χ2n) is 4.45. The molecule has 5 heteroatoms. The van der Waals surface area contributed by atoms with Gasteiger partial charge in [0, 0.05) is 18.8 Å². The van der Waals surface area contributed by atoms with Crippen molar-refractivity contribution >= 4 is 28.5 Å². The molecule has 2 N–H and O–H groups in total. The maximum atomic E-state index is 5.74. The van der Waals surface area contributed by atoms with Crippen molar-refractivity contribution in [2.24, 2.45) is 0 Å². The van der Waals surface area contributed by atoms with Crippen molar-refractivity contribution in [3.8, 4) is 5.75 Å². The van der Waals surface area contributed by atoms with Crippen LogP contribution >= 0.6 is 0 Å². The Morgan fingerprint density at radius 2 is 2.00 bits per heavy atom. The fourth-order valence-electron chi connectivity index (χ4n) is 2.08. The van der Waals surface area contributed by atoms with Crippen LogP contribution in [0, 0.1) is 0 Å². The number of nitrogens with two attached hydrogens (primary N) is 1. The van der Waals surface area contributed by atoms with E-state index in [1.807, 2.05) is 42.3 Å². The smallest absolute Gasteiger partial charge is 0.302 e. The summed E-state index contributed by atoms with van der Waals surface area (Å²) in [6.45, 7) is 0. The first-order valence-corrected chi connectivity index (χ1v) is 6.22. The summed E-state index contributed by atoms with van der Waals surface area (Å²) in [5.74, 6) is 0.761. The highest BCUT2D eigenvalue weighted by Gasteiger charge is 2.15. The van der Waals surface area contributed by atoms with Crippen LogP contribution in [0.4, 0.5) is 17.4 Å². The van der Waals surface area contributed by atoms with E-state index in [9.17, 15) is 0 Å². The van der Waals surface area contributed by atoms with Gasteiger partial charge in [-0.05, 0) is 24.3 Å². The van der Waals surface area contributed by atoms with E-state index in [1.54, 1.807) is 19.2 Å². The number of aromatic nitrogens is 1. The molecule has 0 spiro atoms. The molecular weight excluding hydrogens is 254 g/mol.